The lowest BCUT2D eigenvalue weighted by atomic mass is 9.89. The zero-order valence-electron chi connectivity index (χ0n) is 22.6. The molecule has 1 atom stereocenters. The van der Waals surface area contributed by atoms with Crippen LogP contribution in [0.2, 0.25) is 0 Å². The van der Waals surface area contributed by atoms with Crippen molar-refractivity contribution in [1.29, 1.82) is 0 Å². The fourth-order valence-corrected chi connectivity index (χ4v) is 4.43. The summed E-state index contributed by atoms with van der Waals surface area (Å²) in [6, 6.07) is 25.3. The Morgan fingerprint density at radius 2 is 1.50 bits per heavy atom. The number of guanidine groups is 1. The second-order valence-corrected chi connectivity index (χ2v) is 9.44. The molecule has 11 heteroatoms. The number of nitrogens with one attached hydrogen (secondary N) is 1. The molecule has 0 aliphatic rings. The van der Waals surface area contributed by atoms with Crippen LogP contribution >= 0.6 is 0 Å². The van der Waals surface area contributed by atoms with Crippen LogP contribution in [-0.2, 0) is 16.1 Å². The molecule has 0 heterocycles. The number of anilines is 1. The third kappa shape index (κ3) is 8.11. The highest BCUT2D eigenvalue weighted by Crippen LogP contribution is 2.29. The first-order valence-electron chi connectivity index (χ1n) is 12.9. The van der Waals surface area contributed by atoms with Gasteiger partial charge >= 0.3 is 0 Å². The molecule has 0 spiro atoms. The Morgan fingerprint density at radius 1 is 0.950 bits per heavy atom. The highest BCUT2D eigenvalue weighted by Gasteiger charge is 2.35. The van der Waals surface area contributed by atoms with Gasteiger partial charge in [0.1, 0.15) is 11.1 Å². The molecule has 210 valence electrons. The summed E-state index contributed by atoms with van der Waals surface area (Å²) in [4.78, 5) is 42.3. The van der Waals surface area contributed by atoms with Crippen LogP contribution in [0.25, 0.3) is 0 Å². The van der Waals surface area contributed by atoms with Gasteiger partial charge in [0.25, 0.3) is 5.96 Å². The Kier molecular flexibility index (Phi) is 10.7. The van der Waals surface area contributed by atoms with Crippen molar-refractivity contribution in [2.24, 2.45) is 16.6 Å². The van der Waals surface area contributed by atoms with E-state index < -0.39 is 28.9 Å². The second-order valence-electron chi connectivity index (χ2n) is 9.44. The maximum atomic E-state index is 14.5. The van der Waals surface area contributed by atoms with E-state index in [4.69, 9.17) is 11.5 Å². The fraction of sp³-hybridized carbons (Fsp3) is 0.276. The van der Waals surface area contributed by atoms with Crippen molar-refractivity contribution in [3.8, 4) is 0 Å². The van der Waals surface area contributed by atoms with Gasteiger partial charge in [-0.05, 0) is 48.2 Å². The lowest BCUT2D eigenvalue weighted by Gasteiger charge is -2.34. The second kappa shape index (κ2) is 14.4. The predicted octanol–water partition coefficient (Wildman–Crippen LogP) is 2.64. The molecule has 3 aromatic carbocycles. The zero-order chi connectivity index (χ0) is 29.1. The van der Waals surface area contributed by atoms with E-state index in [9.17, 15) is 19.7 Å². The monoisotopic (exact) mass is 545 g/mol. The van der Waals surface area contributed by atoms with Gasteiger partial charge in [-0.1, -0.05) is 72.8 Å². The van der Waals surface area contributed by atoms with Crippen LogP contribution in [0.4, 0.5) is 5.69 Å². The number of hydrazone groups is 1. The largest absolute Gasteiger partial charge is 0.378 e. The third-order valence-electron chi connectivity index (χ3n) is 6.40. The topological polar surface area (TPSA) is 160 Å². The predicted molar refractivity (Wildman–Crippen MR) is 155 cm³/mol. The summed E-state index contributed by atoms with van der Waals surface area (Å²) in [5.41, 5.74) is 14.7. The number of hydrogen-bond donors (Lipinski definition) is 3. The smallest absolute Gasteiger partial charge is 0.272 e. The summed E-state index contributed by atoms with van der Waals surface area (Å²) in [6.07, 6.45) is 0.640. The zero-order valence-corrected chi connectivity index (χ0v) is 22.6. The van der Waals surface area contributed by atoms with Crippen molar-refractivity contribution in [2.75, 3.05) is 25.5 Å². The molecule has 3 rings (SSSR count). The molecule has 0 aliphatic heterocycles. The lowest BCUT2D eigenvalue weighted by molar-refractivity contribution is -0.485. The van der Waals surface area contributed by atoms with Crippen molar-refractivity contribution in [3.05, 3.63) is 112 Å². The van der Waals surface area contributed by atoms with Crippen molar-refractivity contribution < 1.29 is 14.6 Å². The van der Waals surface area contributed by atoms with Gasteiger partial charge in [-0.2, -0.15) is 0 Å². The first kappa shape index (κ1) is 29.8. The number of nitrogens with zero attached hydrogens (tertiary/aromatic N) is 4. The number of nitrogens with two attached hydrogens (primary N) is 2. The normalized spacial score (nSPS) is 12.1. The molecular formula is C29H35N7O4. The summed E-state index contributed by atoms with van der Waals surface area (Å²) in [7, 11) is 3.86. The number of carbonyl (C=O) groups excluding carboxylic acids is 2. The van der Waals surface area contributed by atoms with Crippen molar-refractivity contribution >= 4 is 23.5 Å². The first-order valence-corrected chi connectivity index (χ1v) is 12.9. The van der Waals surface area contributed by atoms with Crippen LogP contribution in [-0.4, -0.2) is 54.4 Å². The van der Waals surface area contributed by atoms with Crippen molar-refractivity contribution in [2.45, 2.75) is 31.3 Å². The quantitative estimate of drug-likeness (QED) is 0.136. The van der Waals surface area contributed by atoms with Crippen molar-refractivity contribution in [1.82, 2.24) is 10.2 Å². The van der Waals surface area contributed by atoms with Gasteiger partial charge in [-0.25, -0.2) is 10.1 Å². The van der Waals surface area contributed by atoms with Gasteiger partial charge in [0.05, 0.1) is 5.92 Å². The van der Waals surface area contributed by atoms with Crippen LogP contribution in [0.1, 0.15) is 35.4 Å². The molecule has 0 unspecified atom stereocenters. The summed E-state index contributed by atoms with van der Waals surface area (Å²) >= 11 is 0. The molecule has 5 N–H and O–H groups in total. The minimum absolute atomic E-state index is 0.109. The summed E-state index contributed by atoms with van der Waals surface area (Å²) in [6.45, 7) is 0.389. The van der Waals surface area contributed by atoms with Crippen molar-refractivity contribution in [3.63, 3.8) is 0 Å². The van der Waals surface area contributed by atoms with E-state index in [0.29, 0.717) is 6.42 Å². The van der Waals surface area contributed by atoms with Crippen LogP contribution in [0, 0.1) is 10.1 Å². The Morgan fingerprint density at radius 3 is 1.98 bits per heavy atom. The number of rotatable bonds is 12. The molecule has 40 heavy (non-hydrogen) atoms. The molecule has 0 radical (unpaired) electrons. The van der Waals surface area contributed by atoms with Gasteiger partial charge in [-0.3, -0.25) is 14.9 Å². The molecule has 3 aromatic rings. The number of hydrogen-bond acceptors (Lipinski definition) is 6. The average molecular weight is 546 g/mol. The standard InChI is InChI=1S/C29H35N7O4/c1-34(2)24-17-15-21(16-18-24)20-35(25(14-9-19-30)27(37)32-29(31)33-36(39)40)28(38)26(22-10-5-3-6-11-22)23-12-7-4-8-13-23/h3-8,10-13,15-18,25-26H,9,14,19-20,30H2,1-2H3,(H3,31,32,33,37)/t25-/m0/s1. The Labute approximate surface area is 233 Å². The highest BCUT2D eigenvalue weighted by molar-refractivity contribution is 6.00. The minimum atomic E-state index is -1.03. The van der Waals surface area contributed by atoms with Crippen LogP contribution in [0.15, 0.2) is 90.0 Å². The summed E-state index contributed by atoms with van der Waals surface area (Å²) < 4.78 is 0. The van der Waals surface area contributed by atoms with Crippen LogP contribution < -0.4 is 21.7 Å². The number of nitro groups is 1. The molecule has 0 bridgehead atoms. The van der Waals surface area contributed by atoms with E-state index in [2.05, 4.69) is 10.4 Å². The third-order valence-corrected chi connectivity index (χ3v) is 6.40. The SMILES string of the molecule is CN(C)c1ccc(CN(C(=O)C(c2ccccc2)c2ccccc2)[C@@H](CCCN)C(=O)NC(N)=N[N+](=O)[O-])cc1. The van der Waals surface area contributed by atoms with Gasteiger partial charge in [0, 0.05) is 26.3 Å². The summed E-state index contributed by atoms with van der Waals surface area (Å²) in [5.74, 6) is -2.37. The molecule has 0 aromatic heterocycles. The highest BCUT2D eigenvalue weighted by atomic mass is 16.7. The first-order chi connectivity index (χ1) is 19.2. The molecule has 0 fully saturated rings. The van der Waals surface area contributed by atoms with E-state index in [-0.39, 0.29) is 25.4 Å². The van der Waals surface area contributed by atoms with E-state index in [1.165, 1.54) is 4.90 Å². The van der Waals surface area contributed by atoms with Gasteiger partial charge in [0.2, 0.25) is 11.8 Å². The fourth-order valence-electron chi connectivity index (χ4n) is 4.43. The Hall–Kier alpha value is -4.77. The number of benzene rings is 3. The maximum Gasteiger partial charge on any atom is 0.272 e. The van der Waals surface area contributed by atoms with E-state index in [1.54, 1.807) is 0 Å². The minimum Gasteiger partial charge on any atom is -0.378 e. The molecular weight excluding hydrogens is 510 g/mol. The lowest BCUT2D eigenvalue weighted by Crippen LogP contribution is -2.53. The molecule has 2 amide bonds. The Bertz CT molecular complexity index is 1260. The van der Waals surface area contributed by atoms with Crippen LogP contribution in [0.5, 0.6) is 0 Å². The molecule has 0 saturated carbocycles. The maximum absolute atomic E-state index is 14.5. The average Bonchev–Trinajstić information content (AvgIpc) is 2.93. The molecule has 0 aliphatic carbocycles. The molecule has 11 nitrogen and oxygen atoms in total. The number of carbonyl (C=O) groups is 2. The number of amides is 2. The van der Waals surface area contributed by atoms with E-state index >= 15 is 0 Å². The summed E-state index contributed by atoms with van der Waals surface area (Å²) in [5, 5.41) is 15.1. The van der Waals surface area contributed by atoms with E-state index in [0.717, 1.165) is 22.4 Å². The molecule has 0 saturated heterocycles. The van der Waals surface area contributed by atoms with Gasteiger partial charge in [0.15, 0.2) is 5.03 Å². The van der Waals surface area contributed by atoms with E-state index in [1.807, 2.05) is 104 Å². The Balaban J connectivity index is 2.10. The van der Waals surface area contributed by atoms with Crippen LogP contribution in [0.3, 0.4) is 0 Å². The van der Waals surface area contributed by atoms with Gasteiger partial charge < -0.3 is 21.3 Å². The van der Waals surface area contributed by atoms with Gasteiger partial charge in [-0.15, -0.1) is 0 Å².